The van der Waals surface area contributed by atoms with E-state index in [0.29, 0.717) is 12.0 Å². The zero-order chi connectivity index (χ0) is 11.8. The molecule has 1 aromatic heterocycles. The van der Waals surface area contributed by atoms with Crippen molar-refractivity contribution in [3.8, 4) is 0 Å². The van der Waals surface area contributed by atoms with Gasteiger partial charge in [-0.3, -0.25) is 0 Å². The van der Waals surface area contributed by atoms with Crippen molar-refractivity contribution in [1.29, 1.82) is 0 Å². The molecule has 1 N–H and O–H groups in total. The molecule has 2 atom stereocenters. The molecule has 3 heteroatoms. The predicted octanol–water partition coefficient (Wildman–Crippen LogP) is 3.90. The van der Waals surface area contributed by atoms with Gasteiger partial charge < -0.3 is 5.32 Å². The number of fused-ring (bicyclic) bond motifs is 1. The Morgan fingerprint density at radius 1 is 1.35 bits per heavy atom. The molecule has 1 saturated heterocycles. The van der Waals surface area contributed by atoms with Gasteiger partial charge >= 0.3 is 0 Å². The van der Waals surface area contributed by atoms with Crippen LogP contribution >= 0.6 is 11.3 Å². The van der Waals surface area contributed by atoms with E-state index in [9.17, 15) is 4.39 Å². The highest BCUT2D eigenvalue weighted by Crippen LogP contribution is 2.36. The minimum absolute atomic E-state index is 0.138. The zero-order valence-corrected chi connectivity index (χ0v) is 10.7. The second-order valence-electron chi connectivity index (χ2n) is 4.91. The van der Waals surface area contributed by atoms with E-state index in [4.69, 9.17) is 0 Å². The minimum Gasteiger partial charge on any atom is -0.314 e. The first-order valence-corrected chi connectivity index (χ1v) is 6.96. The smallest absolute Gasteiger partial charge is 0.123 e. The third-order valence-corrected chi connectivity index (χ3v) is 4.80. The lowest BCUT2D eigenvalue weighted by Gasteiger charge is -2.27. The van der Waals surface area contributed by atoms with Crippen molar-refractivity contribution in [2.24, 2.45) is 0 Å². The van der Waals surface area contributed by atoms with Gasteiger partial charge in [0.2, 0.25) is 0 Å². The van der Waals surface area contributed by atoms with Crippen molar-refractivity contribution >= 4 is 21.4 Å². The van der Waals surface area contributed by atoms with E-state index >= 15 is 0 Å². The normalized spacial score (nSPS) is 25.3. The molecule has 0 amide bonds. The monoisotopic (exact) mass is 249 g/mol. The van der Waals surface area contributed by atoms with E-state index in [-0.39, 0.29) is 5.82 Å². The Kier molecular flexibility index (Phi) is 2.89. The standard InChI is InChI=1S/C14H16FNS/c1-9-6-10(4-5-16-9)14-8-11-7-12(15)2-3-13(11)17-14/h2-3,7-10,16H,4-6H2,1H3/t9-,10-/m1/s1. The van der Waals surface area contributed by atoms with Gasteiger partial charge in [-0.1, -0.05) is 0 Å². The summed E-state index contributed by atoms with van der Waals surface area (Å²) in [5.74, 6) is 0.507. The molecule has 2 heterocycles. The Morgan fingerprint density at radius 2 is 2.24 bits per heavy atom. The van der Waals surface area contributed by atoms with Crippen LogP contribution in [-0.2, 0) is 0 Å². The Hall–Kier alpha value is -0.930. The van der Waals surface area contributed by atoms with Crippen LogP contribution in [0.4, 0.5) is 4.39 Å². The molecule has 1 aliphatic heterocycles. The summed E-state index contributed by atoms with van der Waals surface area (Å²) in [6.07, 6.45) is 2.38. The van der Waals surface area contributed by atoms with Gasteiger partial charge in [0.15, 0.2) is 0 Å². The number of rotatable bonds is 1. The maximum atomic E-state index is 13.1. The summed E-state index contributed by atoms with van der Waals surface area (Å²) in [4.78, 5) is 1.42. The summed E-state index contributed by atoms with van der Waals surface area (Å²) < 4.78 is 14.3. The minimum atomic E-state index is -0.138. The van der Waals surface area contributed by atoms with Crippen molar-refractivity contribution in [2.45, 2.75) is 31.7 Å². The van der Waals surface area contributed by atoms with Crippen molar-refractivity contribution in [3.63, 3.8) is 0 Å². The molecule has 0 spiro atoms. The van der Waals surface area contributed by atoms with Crippen LogP contribution in [0.15, 0.2) is 24.3 Å². The first kappa shape index (κ1) is 11.2. The molecule has 1 nitrogen and oxygen atoms in total. The van der Waals surface area contributed by atoms with Crippen molar-refractivity contribution in [3.05, 3.63) is 35.0 Å². The van der Waals surface area contributed by atoms with E-state index < -0.39 is 0 Å². The molecule has 0 unspecified atom stereocenters. The Bertz CT molecular complexity index is 534. The Balaban J connectivity index is 1.94. The zero-order valence-electron chi connectivity index (χ0n) is 9.87. The number of hydrogen-bond acceptors (Lipinski definition) is 2. The van der Waals surface area contributed by atoms with Gasteiger partial charge in [0.05, 0.1) is 0 Å². The Morgan fingerprint density at radius 3 is 3.06 bits per heavy atom. The van der Waals surface area contributed by atoms with E-state index in [1.54, 1.807) is 12.1 Å². The highest BCUT2D eigenvalue weighted by Gasteiger charge is 2.21. The highest BCUT2D eigenvalue weighted by molar-refractivity contribution is 7.19. The fraction of sp³-hybridized carbons (Fsp3) is 0.429. The van der Waals surface area contributed by atoms with E-state index in [1.165, 1.54) is 22.4 Å². The second kappa shape index (κ2) is 4.39. The summed E-state index contributed by atoms with van der Waals surface area (Å²) in [5, 5.41) is 4.52. The summed E-state index contributed by atoms with van der Waals surface area (Å²) in [6.45, 7) is 3.33. The maximum Gasteiger partial charge on any atom is 0.123 e. The van der Waals surface area contributed by atoms with Crippen molar-refractivity contribution in [1.82, 2.24) is 5.32 Å². The molecule has 0 bridgehead atoms. The van der Waals surface area contributed by atoms with Crippen LogP contribution in [0.1, 0.15) is 30.6 Å². The third kappa shape index (κ3) is 2.22. The second-order valence-corrected chi connectivity index (χ2v) is 6.02. The highest BCUT2D eigenvalue weighted by atomic mass is 32.1. The summed E-state index contributed by atoms with van der Waals surface area (Å²) in [5.41, 5.74) is 0. The van der Waals surface area contributed by atoms with Crippen LogP contribution in [0.5, 0.6) is 0 Å². The van der Waals surface area contributed by atoms with Crippen LogP contribution in [0.25, 0.3) is 10.1 Å². The number of piperidine rings is 1. The summed E-state index contributed by atoms with van der Waals surface area (Å²) in [7, 11) is 0. The van der Waals surface area contributed by atoms with Crippen LogP contribution < -0.4 is 5.32 Å². The summed E-state index contributed by atoms with van der Waals surface area (Å²) >= 11 is 1.82. The quantitative estimate of drug-likeness (QED) is 0.808. The number of hydrogen-bond donors (Lipinski definition) is 1. The van der Waals surface area contributed by atoms with Gasteiger partial charge in [-0.05, 0) is 61.9 Å². The van der Waals surface area contributed by atoms with E-state index in [1.807, 2.05) is 17.4 Å². The summed E-state index contributed by atoms with van der Waals surface area (Å²) in [6, 6.07) is 7.85. The fourth-order valence-electron chi connectivity index (χ4n) is 2.63. The predicted molar refractivity (Wildman–Crippen MR) is 71.2 cm³/mol. The first-order chi connectivity index (χ1) is 8.22. The Labute approximate surface area is 105 Å². The molecule has 1 aromatic carbocycles. The molecule has 3 rings (SSSR count). The number of halogens is 1. The molecule has 17 heavy (non-hydrogen) atoms. The van der Waals surface area contributed by atoms with Crippen molar-refractivity contribution < 1.29 is 4.39 Å². The molecule has 0 radical (unpaired) electrons. The maximum absolute atomic E-state index is 13.1. The lowest BCUT2D eigenvalue weighted by Crippen LogP contribution is -2.34. The fourth-order valence-corrected chi connectivity index (χ4v) is 3.82. The number of benzene rings is 1. The van der Waals surface area contributed by atoms with Crippen LogP contribution in [0, 0.1) is 5.82 Å². The molecular formula is C14H16FNS. The molecule has 90 valence electrons. The topological polar surface area (TPSA) is 12.0 Å². The third-order valence-electron chi connectivity index (χ3n) is 3.52. The average molecular weight is 249 g/mol. The average Bonchev–Trinajstić information content (AvgIpc) is 2.72. The number of thiophene rings is 1. The lowest BCUT2D eigenvalue weighted by atomic mass is 9.92. The van der Waals surface area contributed by atoms with E-state index in [2.05, 4.69) is 18.3 Å². The molecule has 0 saturated carbocycles. The number of nitrogens with one attached hydrogen (secondary N) is 1. The molecule has 0 aliphatic carbocycles. The first-order valence-electron chi connectivity index (χ1n) is 6.15. The van der Waals surface area contributed by atoms with Crippen molar-refractivity contribution in [2.75, 3.05) is 6.54 Å². The van der Waals surface area contributed by atoms with Gasteiger partial charge in [0.25, 0.3) is 0 Å². The molecular weight excluding hydrogens is 233 g/mol. The largest absolute Gasteiger partial charge is 0.314 e. The van der Waals surface area contributed by atoms with Gasteiger partial charge in [0.1, 0.15) is 5.82 Å². The molecule has 1 aliphatic rings. The van der Waals surface area contributed by atoms with E-state index in [0.717, 1.165) is 11.9 Å². The lowest BCUT2D eigenvalue weighted by molar-refractivity contribution is 0.384. The van der Waals surface area contributed by atoms with Crippen LogP contribution in [0.2, 0.25) is 0 Å². The van der Waals surface area contributed by atoms with Gasteiger partial charge in [-0.2, -0.15) is 0 Å². The van der Waals surface area contributed by atoms with Crippen LogP contribution in [-0.4, -0.2) is 12.6 Å². The molecule has 2 aromatic rings. The van der Waals surface area contributed by atoms with Gasteiger partial charge in [0, 0.05) is 15.6 Å². The van der Waals surface area contributed by atoms with Gasteiger partial charge in [-0.25, -0.2) is 4.39 Å². The van der Waals surface area contributed by atoms with Gasteiger partial charge in [-0.15, -0.1) is 11.3 Å². The molecule has 1 fully saturated rings. The SMILES string of the molecule is C[C@@H]1C[C@H](c2cc3cc(F)ccc3s2)CCN1. The van der Waals surface area contributed by atoms with Crippen LogP contribution in [0.3, 0.4) is 0 Å².